The highest BCUT2D eigenvalue weighted by molar-refractivity contribution is 5.93. The van der Waals surface area contributed by atoms with Crippen LogP contribution in [0.4, 0.5) is 5.69 Å². The van der Waals surface area contributed by atoms with Crippen LogP contribution in [-0.2, 0) is 11.8 Å². The number of piperidine rings is 1. The van der Waals surface area contributed by atoms with Crippen molar-refractivity contribution in [3.8, 4) is 0 Å². The Morgan fingerprint density at radius 1 is 1.20 bits per heavy atom. The standard InChI is InChI=1S/C22H33N7O/c1-29-10-9-14-16(7-4-8-18(14)29)26-21-20-13(12-24-28-22(20)30)11-19(27-21)25-17-6-3-2-5-15(17)23/h4,7-10,13,15,17,19-21,24-27H,2-3,5-6,11-12,23H2,1H3,(H,28,30)/t13?,15-,17+,19?,20?,21?/m0/s1. The summed E-state index contributed by atoms with van der Waals surface area (Å²) in [5.41, 5.74) is 14.5. The van der Waals surface area contributed by atoms with Crippen molar-refractivity contribution in [2.45, 2.75) is 56.5 Å². The van der Waals surface area contributed by atoms with Gasteiger partial charge in [0.2, 0.25) is 5.91 Å². The van der Waals surface area contributed by atoms with E-state index in [4.69, 9.17) is 5.73 Å². The van der Waals surface area contributed by atoms with Crippen LogP contribution in [0.5, 0.6) is 0 Å². The summed E-state index contributed by atoms with van der Waals surface area (Å²) in [6.07, 6.45) is 7.59. The Kier molecular flexibility index (Phi) is 5.41. The maximum absolute atomic E-state index is 12.7. The number of anilines is 1. The topological polar surface area (TPSA) is 108 Å². The largest absolute Gasteiger partial charge is 0.368 e. The number of nitrogens with two attached hydrogens (primary N) is 1. The lowest BCUT2D eigenvalue weighted by Gasteiger charge is -2.46. The van der Waals surface area contributed by atoms with Crippen molar-refractivity contribution in [2.24, 2.45) is 24.6 Å². The fraction of sp³-hybridized carbons (Fsp3) is 0.591. The van der Waals surface area contributed by atoms with Crippen molar-refractivity contribution in [3.63, 3.8) is 0 Å². The number of hydrogen-bond donors (Lipinski definition) is 6. The first kappa shape index (κ1) is 19.8. The SMILES string of the molecule is Cn1ccc2c(NC3NC(N[C@@H]4CCCC[C@@H]4N)CC4CNNC(=O)C43)cccc21. The number of rotatable bonds is 4. The highest BCUT2D eigenvalue weighted by Crippen LogP contribution is 2.32. The van der Waals surface area contributed by atoms with Gasteiger partial charge in [-0.1, -0.05) is 18.9 Å². The van der Waals surface area contributed by atoms with E-state index >= 15 is 0 Å². The molecular formula is C22H33N7O. The summed E-state index contributed by atoms with van der Waals surface area (Å²) in [5, 5.41) is 12.3. The number of hydrazine groups is 1. The monoisotopic (exact) mass is 411 g/mol. The second-order valence-electron chi connectivity index (χ2n) is 9.12. The zero-order valence-electron chi connectivity index (χ0n) is 17.5. The van der Waals surface area contributed by atoms with Crippen LogP contribution in [0, 0.1) is 11.8 Å². The van der Waals surface area contributed by atoms with Crippen molar-refractivity contribution in [1.82, 2.24) is 26.1 Å². The van der Waals surface area contributed by atoms with Gasteiger partial charge in [-0.05, 0) is 43.4 Å². The number of hydrogen-bond acceptors (Lipinski definition) is 6. The zero-order chi connectivity index (χ0) is 20.7. The van der Waals surface area contributed by atoms with Crippen molar-refractivity contribution in [1.29, 1.82) is 0 Å². The molecule has 162 valence electrons. The van der Waals surface area contributed by atoms with E-state index in [2.05, 4.69) is 68.9 Å². The summed E-state index contributed by atoms with van der Waals surface area (Å²) in [5.74, 6) is 0.164. The third-order valence-corrected chi connectivity index (χ3v) is 7.14. The Bertz CT molecular complexity index is 912. The van der Waals surface area contributed by atoms with Gasteiger partial charge in [-0.3, -0.25) is 20.9 Å². The molecule has 0 spiro atoms. The maximum Gasteiger partial charge on any atom is 0.240 e. The molecule has 0 radical (unpaired) electrons. The summed E-state index contributed by atoms with van der Waals surface area (Å²) < 4.78 is 2.11. The van der Waals surface area contributed by atoms with Crippen LogP contribution in [0.3, 0.4) is 0 Å². The van der Waals surface area contributed by atoms with Gasteiger partial charge >= 0.3 is 0 Å². The van der Waals surface area contributed by atoms with E-state index < -0.39 is 0 Å². The number of carbonyl (C=O) groups excluding carboxylic acids is 1. The molecule has 3 heterocycles. The lowest BCUT2D eigenvalue weighted by Crippen LogP contribution is -2.69. The van der Waals surface area contributed by atoms with Gasteiger partial charge < -0.3 is 15.6 Å². The number of carbonyl (C=O) groups is 1. The fourth-order valence-electron chi connectivity index (χ4n) is 5.51. The highest BCUT2D eigenvalue weighted by atomic mass is 16.2. The minimum atomic E-state index is -0.158. The van der Waals surface area contributed by atoms with E-state index in [0.29, 0.717) is 6.04 Å². The molecule has 30 heavy (non-hydrogen) atoms. The molecule has 2 aliphatic heterocycles. The van der Waals surface area contributed by atoms with Crippen LogP contribution >= 0.6 is 0 Å². The molecule has 1 saturated carbocycles. The van der Waals surface area contributed by atoms with Gasteiger partial charge in [0.15, 0.2) is 0 Å². The molecule has 5 rings (SSSR count). The van der Waals surface area contributed by atoms with E-state index in [-0.39, 0.29) is 36.1 Å². The number of aromatic nitrogens is 1. The summed E-state index contributed by atoms with van der Waals surface area (Å²) in [6, 6.07) is 8.92. The molecule has 3 fully saturated rings. The van der Waals surface area contributed by atoms with Crippen molar-refractivity contribution in [2.75, 3.05) is 11.9 Å². The van der Waals surface area contributed by atoms with E-state index in [1.54, 1.807) is 0 Å². The maximum atomic E-state index is 12.7. The van der Waals surface area contributed by atoms with E-state index in [0.717, 1.165) is 36.9 Å². The first-order valence-electron chi connectivity index (χ1n) is 11.2. The molecular weight excluding hydrogens is 378 g/mol. The number of aryl methyl sites for hydroxylation is 1. The second-order valence-corrected chi connectivity index (χ2v) is 9.12. The van der Waals surface area contributed by atoms with E-state index in [1.165, 1.54) is 18.4 Å². The van der Waals surface area contributed by atoms with Crippen LogP contribution in [-0.4, -0.2) is 41.4 Å². The Morgan fingerprint density at radius 3 is 2.93 bits per heavy atom. The number of nitrogens with zero attached hydrogens (tertiary/aromatic N) is 1. The number of nitrogens with one attached hydrogen (secondary N) is 5. The lowest BCUT2D eigenvalue weighted by atomic mass is 9.80. The number of amides is 1. The van der Waals surface area contributed by atoms with Crippen molar-refractivity contribution >= 4 is 22.5 Å². The Labute approximate surface area is 177 Å². The Balaban J connectivity index is 1.39. The van der Waals surface area contributed by atoms with Gasteiger partial charge in [0.05, 0.1) is 18.2 Å². The Morgan fingerprint density at radius 2 is 2.07 bits per heavy atom. The smallest absolute Gasteiger partial charge is 0.240 e. The van der Waals surface area contributed by atoms with Crippen LogP contribution in [0.1, 0.15) is 32.1 Å². The predicted molar refractivity (Wildman–Crippen MR) is 118 cm³/mol. The number of fused-ring (bicyclic) bond motifs is 2. The van der Waals surface area contributed by atoms with Crippen LogP contribution in [0.15, 0.2) is 30.5 Å². The summed E-state index contributed by atoms with van der Waals surface area (Å²) in [6.45, 7) is 0.778. The molecule has 3 aliphatic rings. The molecule has 8 heteroatoms. The van der Waals surface area contributed by atoms with Gasteiger partial charge in [-0.15, -0.1) is 0 Å². The molecule has 2 aromatic rings. The average Bonchev–Trinajstić information content (AvgIpc) is 3.12. The molecule has 1 aromatic heterocycles. The van der Waals surface area contributed by atoms with Crippen molar-refractivity contribution in [3.05, 3.63) is 30.5 Å². The number of benzene rings is 1. The second kappa shape index (κ2) is 8.19. The van der Waals surface area contributed by atoms with Crippen molar-refractivity contribution < 1.29 is 4.79 Å². The van der Waals surface area contributed by atoms with Gasteiger partial charge in [0.25, 0.3) is 0 Å². The third kappa shape index (κ3) is 3.69. The minimum absolute atomic E-state index is 0.0457. The summed E-state index contributed by atoms with van der Waals surface area (Å²) in [4.78, 5) is 12.7. The molecule has 4 unspecified atom stereocenters. The molecule has 2 saturated heterocycles. The molecule has 0 bridgehead atoms. The third-order valence-electron chi connectivity index (χ3n) is 7.14. The first-order chi connectivity index (χ1) is 14.6. The quantitative estimate of drug-likeness (QED) is 0.448. The summed E-state index contributed by atoms with van der Waals surface area (Å²) >= 11 is 0. The minimum Gasteiger partial charge on any atom is -0.368 e. The average molecular weight is 412 g/mol. The molecule has 6 atom stereocenters. The van der Waals surface area contributed by atoms with Gasteiger partial charge in [0, 0.05) is 48.5 Å². The van der Waals surface area contributed by atoms with Crippen LogP contribution in [0.2, 0.25) is 0 Å². The lowest BCUT2D eigenvalue weighted by molar-refractivity contribution is -0.133. The fourth-order valence-corrected chi connectivity index (χ4v) is 5.51. The van der Waals surface area contributed by atoms with Gasteiger partial charge in [-0.25, -0.2) is 5.43 Å². The van der Waals surface area contributed by atoms with Crippen LogP contribution < -0.4 is 32.5 Å². The van der Waals surface area contributed by atoms with E-state index in [1.807, 2.05) is 0 Å². The van der Waals surface area contributed by atoms with Crippen LogP contribution in [0.25, 0.3) is 10.9 Å². The zero-order valence-corrected chi connectivity index (χ0v) is 17.5. The first-order valence-corrected chi connectivity index (χ1v) is 11.2. The molecule has 8 nitrogen and oxygen atoms in total. The predicted octanol–water partition coefficient (Wildman–Crippen LogP) is 0.962. The van der Waals surface area contributed by atoms with Gasteiger partial charge in [0.1, 0.15) is 0 Å². The molecule has 1 aromatic carbocycles. The Hall–Kier alpha value is -2.13. The normalized spacial score (nSPS) is 34.4. The van der Waals surface area contributed by atoms with E-state index in [9.17, 15) is 4.79 Å². The molecule has 1 amide bonds. The molecule has 1 aliphatic carbocycles. The molecule has 7 N–H and O–H groups in total. The van der Waals surface area contributed by atoms with Gasteiger partial charge in [-0.2, -0.15) is 0 Å². The summed E-state index contributed by atoms with van der Waals surface area (Å²) in [7, 11) is 2.05. The highest BCUT2D eigenvalue weighted by Gasteiger charge is 2.44.